The van der Waals surface area contributed by atoms with Crippen molar-refractivity contribution < 1.29 is 19.1 Å². The number of rotatable bonds is 9. The van der Waals surface area contributed by atoms with Crippen LogP contribution in [0.3, 0.4) is 0 Å². The summed E-state index contributed by atoms with van der Waals surface area (Å²) < 4.78 is 12.4. The van der Waals surface area contributed by atoms with E-state index in [1.54, 1.807) is 55.3 Å². The van der Waals surface area contributed by atoms with E-state index in [9.17, 15) is 9.59 Å². The average molecular weight is 515 g/mol. The van der Waals surface area contributed by atoms with E-state index < -0.39 is 0 Å². The zero-order chi connectivity index (χ0) is 26.5. The molecule has 3 heterocycles. The van der Waals surface area contributed by atoms with E-state index in [-0.39, 0.29) is 17.5 Å². The molecule has 2 aromatic carbocycles. The lowest BCUT2D eigenvalue weighted by Gasteiger charge is -2.14. The number of carbonyl (C=O) groups excluding carboxylic acids is 2. The third-order valence-corrected chi connectivity index (χ3v) is 6.59. The first-order chi connectivity index (χ1) is 18.6. The van der Waals surface area contributed by atoms with Crippen LogP contribution in [-0.4, -0.2) is 71.7 Å². The number of fused-ring (bicyclic) bond motifs is 1. The van der Waals surface area contributed by atoms with Gasteiger partial charge in [-0.15, -0.1) is 0 Å². The number of amides is 2. The molecule has 10 nitrogen and oxygen atoms in total. The largest absolute Gasteiger partial charge is 0.493 e. The molecule has 2 N–H and O–H groups in total. The Morgan fingerprint density at radius 2 is 1.68 bits per heavy atom. The standard InChI is InChI=1S/C28H30N6O4/c1-37-24-10-7-20(17-25(24)38-2)23-11-12-29-26-18-22(32-34(23)26)28(36)31-21-8-5-19(6-9-21)27(35)30-13-16-33-14-3-4-15-33/h5-12,17-18H,3-4,13-16H2,1-2H3,(H,30,35)(H,31,36). The van der Waals surface area contributed by atoms with E-state index in [1.807, 2.05) is 24.3 Å². The van der Waals surface area contributed by atoms with Gasteiger partial charge in [-0.3, -0.25) is 9.59 Å². The summed E-state index contributed by atoms with van der Waals surface area (Å²) in [6.07, 6.45) is 4.12. The van der Waals surface area contributed by atoms with Crippen LogP contribution in [0.2, 0.25) is 0 Å². The van der Waals surface area contributed by atoms with Crippen LogP contribution in [0, 0.1) is 0 Å². The number of methoxy groups -OCH3 is 2. The van der Waals surface area contributed by atoms with Crippen molar-refractivity contribution in [3.63, 3.8) is 0 Å². The minimum atomic E-state index is -0.378. The highest BCUT2D eigenvalue weighted by Gasteiger charge is 2.16. The Balaban J connectivity index is 1.26. The van der Waals surface area contributed by atoms with Gasteiger partial charge in [0.1, 0.15) is 0 Å². The van der Waals surface area contributed by atoms with Gasteiger partial charge < -0.3 is 25.0 Å². The monoisotopic (exact) mass is 514 g/mol. The maximum Gasteiger partial charge on any atom is 0.276 e. The van der Waals surface area contributed by atoms with Gasteiger partial charge in [0.05, 0.1) is 19.9 Å². The van der Waals surface area contributed by atoms with E-state index in [4.69, 9.17) is 9.47 Å². The van der Waals surface area contributed by atoms with Crippen molar-refractivity contribution in [1.82, 2.24) is 24.8 Å². The second kappa shape index (κ2) is 11.3. The molecule has 1 fully saturated rings. The van der Waals surface area contributed by atoms with Gasteiger partial charge in [0.2, 0.25) is 0 Å². The molecule has 1 aliphatic heterocycles. The number of nitrogens with zero attached hydrogens (tertiary/aromatic N) is 4. The van der Waals surface area contributed by atoms with Crippen molar-refractivity contribution in [3.8, 4) is 22.8 Å². The number of nitrogens with one attached hydrogen (secondary N) is 2. The number of carbonyl (C=O) groups is 2. The molecular formula is C28H30N6O4. The fourth-order valence-electron chi connectivity index (χ4n) is 4.56. The zero-order valence-electron chi connectivity index (χ0n) is 21.4. The number of hydrogen-bond acceptors (Lipinski definition) is 7. The number of aromatic nitrogens is 3. The van der Waals surface area contributed by atoms with Crippen molar-refractivity contribution in [2.24, 2.45) is 0 Å². The van der Waals surface area contributed by atoms with Crippen LogP contribution < -0.4 is 20.1 Å². The van der Waals surface area contributed by atoms with Gasteiger partial charge in [-0.05, 0) is 74.5 Å². The van der Waals surface area contributed by atoms with Crippen LogP contribution in [-0.2, 0) is 0 Å². The first-order valence-corrected chi connectivity index (χ1v) is 12.5. The molecule has 10 heteroatoms. The van der Waals surface area contributed by atoms with Crippen LogP contribution >= 0.6 is 0 Å². The summed E-state index contributed by atoms with van der Waals surface area (Å²) >= 11 is 0. The molecule has 0 atom stereocenters. The molecule has 0 spiro atoms. The highest BCUT2D eigenvalue weighted by atomic mass is 16.5. The minimum absolute atomic E-state index is 0.129. The topological polar surface area (TPSA) is 110 Å². The lowest BCUT2D eigenvalue weighted by Crippen LogP contribution is -2.33. The Hall–Kier alpha value is -4.44. The predicted molar refractivity (Wildman–Crippen MR) is 144 cm³/mol. The summed E-state index contributed by atoms with van der Waals surface area (Å²) in [5.74, 6) is 0.698. The molecule has 38 heavy (non-hydrogen) atoms. The Kier molecular flexibility index (Phi) is 7.50. The van der Waals surface area contributed by atoms with Crippen LogP contribution in [0.5, 0.6) is 11.5 Å². The van der Waals surface area contributed by atoms with Crippen LogP contribution in [0.15, 0.2) is 60.8 Å². The van der Waals surface area contributed by atoms with E-state index in [1.165, 1.54) is 12.8 Å². The van der Waals surface area contributed by atoms with Crippen molar-refractivity contribution in [3.05, 3.63) is 72.1 Å². The van der Waals surface area contributed by atoms with Crippen molar-refractivity contribution in [1.29, 1.82) is 0 Å². The summed E-state index contributed by atoms with van der Waals surface area (Å²) in [7, 11) is 3.16. The fourth-order valence-corrected chi connectivity index (χ4v) is 4.56. The fraction of sp³-hybridized carbons (Fsp3) is 0.286. The SMILES string of the molecule is COc1ccc(-c2ccnc3cc(C(=O)Nc4ccc(C(=O)NCCN5CCCC5)cc4)nn23)cc1OC. The van der Waals surface area contributed by atoms with Gasteiger partial charge in [-0.1, -0.05) is 0 Å². The molecule has 2 aromatic heterocycles. The summed E-state index contributed by atoms with van der Waals surface area (Å²) in [5.41, 5.74) is 3.43. The normalized spacial score (nSPS) is 13.4. The molecule has 4 aromatic rings. The average Bonchev–Trinajstić information content (AvgIpc) is 3.63. The molecule has 196 valence electrons. The maximum atomic E-state index is 13.0. The Labute approximate surface area is 220 Å². The molecule has 5 rings (SSSR count). The van der Waals surface area contributed by atoms with Crippen molar-refractivity contribution in [2.45, 2.75) is 12.8 Å². The number of anilines is 1. The summed E-state index contributed by atoms with van der Waals surface area (Å²) in [6, 6.07) is 15.8. The van der Waals surface area contributed by atoms with Gasteiger partial charge in [0.25, 0.3) is 11.8 Å². The highest BCUT2D eigenvalue weighted by molar-refractivity contribution is 6.04. The molecule has 0 aliphatic carbocycles. The first kappa shape index (κ1) is 25.2. The van der Waals surface area contributed by atoms with Crippen molar-refractivity contribution >= 4 is 23.1 Å². The van der Waals surface area contributed by atoms with E-state index in [2.05, 4.69) is 25.6 Å². The number of likely N-dealkylation sites (tertiary alicyclic amines) is 1. The van der Waals surface area contributed by atoms with Crippen LogP contribution in [0.25, 0.3) is 16.9 Å². The molecule has 0 bridgehead atoms. The molecule has 0 radical (unpaired) electrons. The smallest absolute Gasteiger partial charge is 0.276 e. The number of benzene rings is 2. The Morgan fingerprint density at radius 1 is 0.921 bits per heavy atom. The van der Waals surface area contributed by atoms with Crippen molar-refractivity contribution in [2.75, 3.05) is 45.7 Å². The zero-order valence-corrected chi connectivity index (χ0v) is 21.4. The molecule has 1 saturated heterocycles. The first-order valence-electron chi connectivity index (χ1n) is 12.5. The van der Waals surface area contributed by atoms with Gasteiger partial charge in [-0.25, -0.2) is 9.50 Å². The Bertz CT molecular complexity index is 1440. The molecule has 0 unspecified atom stereocenters. The second-order valence-corrected chi connectivity index (χ2v) is 9.04. The molecule has 1 aliphatic rings. The predicted octanol–water partition coefficient (Wildman–Crippen LogP) is 3.49. The highest BCUT2D eigenvalue weighted by Crippen LogP contribution is 2.32. The third kappa shape index (κ3) is 5.45. The molecule has 2 amide bonds. The van der Waals surface area contributed by atoms with E-state index in [0.29, 0.717) is 34.9 Å². The summed E-state index contributed by atoms with van der Waals surface area (Å²) in [6.45, 7) is 3.68. The van der Waals surface area contributed by atoms with Crippen LogP contribution in [0.1, 0.15) is 33.7 Å². The van der Waals surface area contributed by atoms with Crippen LogP contribution in [0.4, 0.5) is 5.69 Å². The van der Waals surface area contributed by atoms with E-state index >= 15 is 0 Å². The van der Waals surface area contributed by atoms with Gasteiger partial charge in [0.15, 0.2) is 22.8 Å². The Morgan fingerprint density at radius 3 is 2.42 bits per heavy atom. The maximum absolute atomic E-state index is 13.0. The number of ether oxygens (including phenoxy) is 2. The van der Waals surface area contributed by atoms with E-state index in [0.717, 1.165) is 30.9 Å². The summed E-state index contributed by atoms with van der Waals surface area (Å²) in [4.78, 5) is 32.1. The van der Waals surface area contributed by atoms with Gasteiger partial charge >= 0.3 is 0 Å². The molecular weight excluding hydrogens is 484 g/mol. The number of hydrogen-bond donors (Lipinski definition) is 2. The van der Waals surface area contributed by atoms with Gasteiger partial charge in [0, 0.05) is 42.2 Å². The summed E-state index contributed by atoms with van der Waals surface area (Å²) in [5, 5.41) is 10.3. The lowest BCUT2D eigenvalue weighted by atomic mass is 10.1. The van der Waals surface area contributed by atoms with Gasteiger partial charge in [-0.2, -0.15) is 5.10 Å². The molecule has 0 saturated carbocycles. The second-order valence-electron chi connectivity index (χ2n) is 9.04. The third-order valence-electron chi connectivity index (χ3n) is 6.59. The minimum Gasteiger partial charge on any atom is -0.493 e. The quantitative estimate of drug-likeness (QED) is 0.352. The lowest BCUT2D eigenvalue weighted by molar-refractivity contribution is 0.0949.